The third-order valence-electron chi connectivity index (χ3n) is 5.24. The van der Waals surface area contributed by atoms with Gasteiger partial charge >= 0.3 is 6.18 Å². The Balaban J connectivity index is 1.35. The standard InChI is InChI=1S/C19H19F5N6/c20-18(21)10-30(7-5-12-1-3-13(4-2-12)19(22,23)24)8-6-15(18)28-16-14-9-27-29-17(14)26-11-25-16/h1-4,9,11,15H,5-8,10H2,(H2,25,26,27,28,29). The third kappa shape index (κ3) is 4.35. The average Bonchev–Trinajstić information content (AvgIpc) is 3.17. The van der Waals surface area contributed by atoms with Crippen molar-refractivity contribution in [3.8, 4) is 0 Å². The van der Waals surface area contributed by atoms with E-state index in [2.05, 4.69) is 25.5 Å². The number of H-pyrrole nitrogens is 1. The molecule has 4 rings (SSSR count). The minimum absolute atomic E-state index is 0.198. The van der Waals surface area contributed by atoms with Crippen LogP contribution >= 0.6 is 0 Å². The molecule has 1 atom stereocenters. The summed E-state index contributed by atoms with van der Waals surface area (Å²) in [4.78, 5) is 9.67. The molecule has 1 aliphatic heterocycles. The molecule has 0 aliphatic carbocycles. The fraction of sp³-hybridized carbons (Fsp3) is 0.421. The molecular formula is C19H19F5N6. The summed E-state index contributed by atoms with van der Waals surface area (Å²) in [6.45, 7) is 0.339. The zero-order valence-electron chi connectivity index (χ0n) is 15.8. The van der Waals surface area contributed by atoms with Crippen LogP contribution in [0.2, 0.25) is 0 Å². The molecule has 1 aromatic carbocycles. The van der Waals surface area contributed by atoms with Crippen molar-refractivity contribution in [1.29, 1.82) is 0 Å². The number of aromatic amines is 1. The maximum atomic E-state index is 14.7. The Morgan fingerprint density at radius 2 is 1.93 bits per heavy atom. The summed E-state index contributed by atoms with van der Waals surface area (Å²) < 4.78 is 67.4. The van der Waals surface area contributed by atoms with Gasteiger partial charge in [0, 0.05) is 13.1 Å². The van der Waals surface area contributed by atoms with Gasteiger partial charge in [-0.15, -0.1) is 0 Å². The number of piperidine rings is 1. The van der Waals surface area contributed by atoms with Crippen molar-refractivity contribution in [3.05, 3.63) is 47.9 Å². The predicted molar refractivity (Wildman–Crippen MR) is 100 cm³/mol. The number of aromatic nitrogens is 4. The maximum absolute atomic E-state index is 14.7. The van der Waals surface area contributed by atoms with Crippen molar-refractivity contribution in [2.75, 3.05) is 25.0 Å². The average molecular weight is 426 g/mol. The van der Waals surface area contributed by atoms with Gasteiger partial charge in [0.25, 0.3) is 5.92 Å². The molecule has 0 saturated carbocycles. The highest BCUT2D eigenvalue weighted by molar-refractivity contribution is 5.85. The lowest BCUT2D eigenvalue weighted by atomic mass is 9.99. The molecule has 1 unspecified atom stereocenters. The lowest BCUT2D eigenvalue weighted by Gasteiger charge is -2.38. The Morgan fingerprint density at radius 3 is 2.63 bits per heavy atom. The topological polar surface area (TPSA) is 69.7 Å². The quantitative estimate of drug-likeness (QED) is 0.609. The lowest BCUT2D eigenvalue weighted by molar-refractivity contribution is -0.137. The normalized spacial score (nSPS) is 19.8. The fourth-order valence-electron chi connectivity index (χ4n) is 3.57. The van der Waals surface area contributed by atoms with Crippen LogP contribution in [-0.2, 0) is 12.6 Å². The van der Waals surface area contributed by atoms with Gasteiger partial charge < -0.3 is 5.32 Å². The van der Waals surface area contributed by atoms with Gasteiger partial charge in [0.05, 0.1) is 29.7 Å². The molecule has 2 N–H and O–H groups in total. The third-order valence-corrected chi connectivity index (χ3v) is 5.24. The molecule has 1 saturated heterocycles. The Bertz CT molecular complexity index is 1000. The van der Waals surface area contributed by atoms with E-state index in [0.717, 1.165) is 12.1 Å². The smallest absolute Gasteiger partial charge is 0.360 e. The number of likely N-dealkylation sites (tertiary alicyclic amines) is 1. The van der Waals surface area contributed by atoms with Crippen LogP contribution in [0.4, 0.5) is 27.8 Å². The van der Waals surface area contributed by atoms with Crippen LogP contribution in [-0.4, -0.2) is 56.7 Å². The number of hydrogen-bond acceptors (Lipinski definition) is 5. The molecule has 3 aromatic rings. The molecule has 1 aliphatic rings. The van der Waals surface area contributed by atoms with Crippen LogP contribution in [0.25, 0.3) is 11.0 Å². The van der Waals surface area contributed by atoms with E-state index in [-0.39, 0.29) is 6.42 Å². The van der Waals surface area contributed by atoms with Crippen molar-refractivity contribution in [1.82, 2.24) is 25.1 Å². The first-order valence-electron chi connectivity index (χ1n) is 9.39. The summed E-state index contributed by atoms with van der Waals surface area (Å²) in [5.74, 6) is -2.70. The molecular weight excluding hydrogens is 407 g/mol. The van der Waals surface area contributed by atoms with Gasteiger partial charge in [-0.2, -0.15) is 18.3 Å². The summed E-state index contributed by atoms with van der Waals surface area (Å²) >= 11 is 0. The van der Waals surface area contributed by atoms with Gasteiger partial charge in [-0.3, -0.25) is 10.00 Å². The molecule has 0 radical (unpaired) electrons. The fourth-order valence-corrected chi connectivity index (χ4v) is 3.57. The van der Waals surface area contributed by atoms with Crippen molar-refractivity contribution < 1.29 is 22.0 Å². The molecule has 11 heteroatoms. The number of nitrogens with one attached hydrogen (secondary N) is 2. The van der Waals surface area contributed by atoms with Crippen LogP contribution < -0.4 is 5.32 Å². The van der Waals surface area contributed by atoms with Crippen LogP contribution in [0, 0.1) is 0 Å². The first-order valence-corrected chi connectivity index (χ1v) is 9.39. The molecule has 160 valence electrons. The van der Waals surface area contributed by atoms with Crippen molar-refractivity contribution in [3.63, 3.8) is 0 Å². The number of rotatable bonds is 5. The second kappa shape index (κ2) is 7.78. The summed E-state index contributed by atoms with van der Waals surface area (Å²) in [6.07, 6.45) is -1.03. The largest absolute Gasteiger partial charge is 0.416 e. The van der Waals surface area contributed by atoms with E-state index in [0.29, 0.717) is 41.9 Å². The zero-order chi connectivity index (χ0) is 21.4. The summed E-state index contributed by atoms with van der Waals surface area (Å²) in [5, 5.41) is 9.88. The van der Waals surface area contributed by atoms with Crippen LogP contribution in [0.1, 0.15) is 17.5 Å². The van der Waals surface area contributed by atoms with E-state index < -0.39 is 30.2 Å². The molecule has 0 amide bonds. The van der Waals surface area contributed by atoms with Gasteiger partial charge in [-0.05, 0) is 30.5 Å². The van der Waals surface area contributed by atoms with Gasteiger partial charge in [0.15, 0.2) is 5.65 Å². The molecule has 1 fully saturated rings. The Kier molecular flexibility index (Phi) is 5.31. The van der Waals surface area contributed by atoms with Gasteiger partial charge in [-0.1, -0.05) is 12.1 Å². The number of benzene rings is 1. The van der Waals surface area contributed by atoms with Gasteiger partial charge in [0.2, 0.25) is 0 Å². The number of halogens is 5. The van der Waals surface area contributed by atoms with E-state index >= 15 is 0 Å². The summed E-state index contributed by atoms with van der Waals surface area (Å²) in [5.41, 5.74) is 0.417. The number of fused-ring (bicyclic) bond motifs is 1. The molecule has 6 nitrogen and oxygen atoms in total. The Morgan fingerprint density at radius 1 is 1.17 bits per heavy atom. The number of hydrogen-bond donors (Lipinski definition) is 2. The van der Waals surface area contributed by atoms with E-state index in [1.165, 1.54) is 24.7 Å². The minimum Gasteiger partial charge on any atom is -0.360 e. The highest BCUT2D eigenvalue weighted by Crippen LogP contribution is 2.32. The molecule has 3 heterocycles. The molecule has 0 spiro atoms. The van der Waals surface area contributed by atoms with Gasteiger partial charge in [0.1, 0.15) is 12.1 Å². The first kappa shape index (κ1) is 20.5. The number of anilines is 1. The van der Waals surface area contributed by atoms with Crippen LogP contribution in [0.5, 0.6) is 0 Å². The number of alkyl halides is 5. The molecule has 0 bridgehead atoms. The maximum Gasteiger partial charge on any atom is 0.416 e. The summed E-state index contributed by atoms with van der Waals surface area (Å²) in [7, 11) is 0. The van der Waals surface area contributed by atoms with Crippen molar-refractivity contribution in [2.45, 2.75) is 31.0 Å². The van der Waals surface area contributed by atoms with Crippen molar-refractivity contribution in [2.24, 2.45) is 0 Å². The monoisotopic (exact) mass is 426 g/mol. The number of nitrogens with zero attached hydrogens (tertiary/aromatic N) is 4. The van der Waals surface area contributed by atoms with E-state index in [1.54, 1.807) is 4.90 Å². The summed E-state index contributed by atoms with van der Waals surface area (Å²) in [6, 6.07) is 3.71. The molecule has 30 heavy (non-hydrogen) atoms. The minimum atomic E-state index is -4.39. The van der Waals surface area contributed by atoms with E-state index in [1.807, 2.05) is 0 Å². The highest BCUT2D eigenvalue weighted by Gasteiger charge is 2.44. The van der Waals surface area contributed by atoms with E-state index in [9.17, 15) is 22.0 Å². The van der Waals surface area contributed by atoms with Gasteiger partial charge in [-0.25, -0.2) is 18.7 Å². The predicted octanol–water partition coefficient (Wildman–Crippen LogP) is 3.74. The van der Waals surface area contributed by atoms with Crippen LogP contribution in [0.3, 0.4) is 0 Å². The zero-order valence-corrected chi connectivity index (χ0v) is 15.8. The van der Waals surface area contributed by atoms with Crippen molar-refractivity contribution >= 4 is 16.9 Å². The second-order valence-corrected chi connectivity index (χ2v) is 7.32. The Hall–Kier alpha value is -2.82. The van der Waals surface area contributed by atoms with Crippen LogP contribution in [0.15, 0.2) is 36.8 Å². The first-order chi connectivity index (χ1) is 14.2. The lowest BCUT2D eigenvalue weighted by Crippen LogP contribution is -2.54. The molecule has 2 aromatic heterocycles. The second-order valence-electron chi connectivity index (χ2n) is 7.32. The highest BCUT2D eigenvalue weighted by atomic mass is 19.4. The van der Waals surface area contributed by atoms with E-state index in [4.69, 9.17) is 0 Å². The Labute approximate surface area is 168 Å². The SMILES string of the molecule is FC(F)(F)c1ccc(CCN2CCC(Nc3ncnc4[nH]ncc34)C(F)(F)C2)cc1.